The van der Waals surface area contributed by atoms with Crippen molar-refractivity contribution < 1.29 is 28.9 Å². The zero-order valence-electron chi connectivity index (χ0n) is 21.4. The first kappa shape index (κ1) is 25.4. The van der Waals surface area contributed by atoms with Crippen molar-refractivity contribution in [1.29, 1.82) is 0 Å². The van der Waals surface area contributed by atoms with Crippen LogP contribution >= 0.6 is 0 Å². The van der Waals surface area contributed by atoms with E-state index in [1.807, 2.05) is 39.0 Å². The molecule has 2 aliphatic rings. The number of aromatic hydroxyl groups is 1. The Balaban J connectivity index is 1.76. The van der Waals surface area contributed by atoms with Gasteiger partial charge in [-0.3, -0.25) is 4.79 Å². The van der Waals surface area contributed by atoms with Gasteiger partial charge in [-0.1, -0.05) is 25.1 Å². The molecule has 0 fully saturated rings. The molecule has 190 valence electrons. The summed E-state index contributed by atoms with van der Waals surface area (Å²) in [6, 6.07) is 12.4. The average molecular weight is 492 g/mol. The van der Waals surface area contributed by atoms with Crippen LogP contribution in [0.25, 0.3) is 0 Å². The number of carbonyl (C=O) groups excluding carboxylic acids is 2. The average Bonchev–Trinajstić information content (AvgIpc) is 2.87. The largest absolute Gasteiger partial charge is 0.508 e. The summed E-state index contributed by atoms with van der Waals surface area (Å²) in [6.07, 6.45) is 1.35. The third kappa shape index (κ3) is 4.83. The molecule has 2 aromatic rings. The summed E-state index contributed by atoms with van der Waals surface area (Å²) in [6.45, 7) is 5.65. The molecule has 2 aromatic carbocycles. The number of methoxy groups -OCH3 is 2. The molecule has 0 aromatic heterocycles. The van der Waals surface area contributed by atoms with E-state index in [0.29, 0.717) is 47.6 Å². The summed E-state index contributed by atoms with van der Waals surface area (Å²) in [4.78, 5) is 27.0. The van der Waals surface area contributed by atoms with E-state index in [-0.39, 0.29) is 23.6 Å². The van der Waals surface area contributed by atoms with Crippen molar-refractivity contribution in [3.8, 4) is 17.2 Å². The number of hydrogen-bond acceptors (Lipinski definition) is 7. The Morgan fingerprint density at radius 1 is 1.06 bits per heavy atom. The van der Waals surface area contributed by atoms with Gasteiger partial charge in [0.25, 0.3) is 0 Å². The fourth-order valence-electron chi connectivity index (χ4n) is 4.98. The van der Waals surface area contributed by atoms with E-state index in [0.717, 1.165) is 16.8 Å². The van der Waals surface area contributed by atoms with Gasteiger partial charge in [0.1, 0.15) is 5.75 Å². The Bertz CT molecular complexity index is 1230. The first-order chi connectivity index (χ1) is 17.3. The Kier molecular flexibility index (Phi) is 7.38. The molecule has 4 rings (SSSR count). The number of Topliss-reactive ketones (excluding diaryl/α,β-unsaturated/α-hetero) is 1. The monoisotopic (exact) mass is 491 g/mol. The number of phenolic OH excluding ortho intramolecular Hbond substituents is 1. The minimum atomic E-state index is -0.572. The maximum absolute atomic E-state index is 13.7. The van der Waals surface area contributed by atoms with E-state index in [2.05, 4.69) is 5.32 Å². The minimum absolute atomic E-state index is 0.0250. The van der Waals surface area contributed by atoms with Crippen molar-refractivity contribution in [2.75, 3.05) is 14.2 Å². The number of phenols is 1. The summed E-state index contributed by atoms with van der Waals surface area (Å²) >= 11 is 0. The number of hydrogen-bond donors (Lipinski definition) is 2. The number of ketones is 1. The number of esters is 1. The number of allylic oxidation sites excluding steroid dienone is 3. The SMILES string of the molecule is CC[C@@H](C)OC(=O)C1=C(C)NC2=C(C(=O)C[C@H](c3ccc(OC)c(OC)c3)C2)[C@@H]1c1ccc(O)cc1. The van der Waals surface area contributed by atoms with E-state index < -0.39 is 11.9 Å². The van der Waals surface area contributed by atoms with E-state index in [4.69, 9.17) is 14.2 Å². The maximum Gasteiger partial charge on any atom is 0.337 e. The number of rotatable bonds is 7. The number of ether oxygens (including phenoxy) is 3. The molecule has 7 nitrogen and oxygen atoms in total. The van der Waals surface area contributed by atoms with Crippen LogP contribution in [0.3, 0.4) is 0 Å². The first-order valence-corrected chi connectivity index (χ1v) is 12.2. The van der Waals surface area contributed by atoms with Crippen LogP contribution in [-0.4, -0.2) is 37.2 Å². The van der Waals surface area contributed by atoms with Crippen molar-refractivity contribution in [2.45, 2.75) is 58.0 Å². The maximum atomic E-state index is 13.7. The predicted molar refractivity (Wildman–Crippen MR) is 136 cm³/mol. The van der Waals surface area contributed by atoms with Gasteiger partial charge >= 0.3 is 5.97 Å². The van der Waals surface area contributed by atoms with Crippen LogP contribution in [-0.2, 0) is 14.3 Å². The van der Waals surface area contributed by atoms with E-state index in [1.54, 1.807) is 38.5 Å². The molecule has 7 heteroatoms. The van der Waals surface area contributed by atoms with Crippen LogP contribution in [0.4, 0.5) is 0 Å². The standard InChI is InChI=1S/C29H33NO6/c1-6-16(2)36-29(33)26-17(3)30-22-13-20(19-9-12-24(34-4)25(15-19)35-5)14-23(32)28(22)27(26)18-7-10-21(31)11-8-18/h7-12,15-16,20,27,30-31H,6,13-14H2,1-5H3/t16-,20-,27-/m1/s1. The molecule has 3 atom stereocenters. The highest BCUT2D eigenvalue weighted by Gasteiger charge is 2.41. The summed E-state index contributed by atoms with van der Waals surface area (Å²) in [7, 11) is 3.18. The van der Waals surface area contributed by atoms with Crippen molar-refractivity contribution in [2.24, 2.45) is 0 Å². The fourth-order valence-corrected chi connectivity index (χ4v) is 4.98. The minimum Gasteiger partial charge on any atom is -0.508 e. The molecule has 1 aliphatic heterocycles. The Morgan fingerprint density at radius 2 is 1.72 bits per heavy atom. The van der Waals surface area contributed by atoms with Gasteiger partial charge in [0, 0.05) is 29.3 Å². The molecule has 0 saturated carbocycles. The molecule has 0 saturated heterocycles. The summed E-state index contributed by atoms with van der Waals surface area (Å²) < 4.78 is 16.5. The molecule has 0 radical (unpaired) electrons. The third-order valence-electron chi connectivity index (χ3n) is 7.04. The van der Waals surface area contributed by atoms with Crippen LogP contribution in [0.5, 0.6) is 17.2 Å². The highest BCUT2D eigenvalue weighted by molar-refractivity contribution is 6.04. The fraction of sp³-hybridized carbons (Fsp3) is 0.379. The van der Waals surface area contributed by atoms with Crippen molar-refractivity contribution in [3.05, 3.63) is 76.1 Å². The number of carbonyl (C=O) groups is 2. The highest BCUT2D eigenvalue weighted by Crippen LogP contribution is 2.46. The molecule has 1 aliphatic carbocycles. The van der Waals surface area contributed by atoms with Gasteiger partial charge in [-0.15, -0.1) is 0 Å². The lowest BCUT2D eigenvalue weighted by atomic mass is 9.71. The normalized spacial score (nSPS) is 20.4. The lowest BCUT2D eigenvalue weighted by molar-refractivity contribution is -0.144. The third-order valence-corrected chi connectivity index (χ3v) is 7.04. The van der Waals surface area contributed by atoms with Crippen molar-refractivity contribution in [1.82, 2.24) is 5.32 Å². The molecule has 36 heavy (non-hydrogen) atoms. The molecular weight excluding hydrogens is 458 g/mol. The van der Waals surface area contributed by atoms with E-state index in [1.165, 1.54) is 0 Å². The highest BCUT2D eigenvalue weighted by atomic mass is 16.5. The first-order valence-electron chi connectivity index (χ1n) is 12.2. The van der Waals surface area contributed by atoms with Gasteiger partial charge in [-0.25, -0.2) is 4.79 Å². The zero-order valence-corrected chi connectivity index (χ0v) is 21.4. The molecule has 0 unspecified atom stereocenters. The van der Waals surface area contributed by atoms with Gasteiger partial charge < -0.3 is 24.6 Å². The van der Waals surface area contributed by atoms with Crippen LogP contribution in [0.15, 0.2) is 65.0 Å². The molecule has 0 spiro atoms. The molecule has 1 heterocycles. The van der Waals surface area contributed by atoms with E-state index in [9.17, 15) is 14.7 Å². The summed E-state index contributed by atoms with van der Waals surface area (Å²) in [5.74, 6) is 0.288. The van der Waals surface area contributed by atoms with Crippen LogP contribution in [0.1, 0.15) is 63.0 Å². The van der Waals surface area contributed by atoms with Crippen LogP contribution in [0.2, 0.25) is 0 Å². The number of dihydropyridines is 1. The number of nitrogens with one attached hydrogen (secondary N) is 1. The number of benzene rings is 2. The van der Waals surface area contributed by atoms with Gasteiger partial charge in [-0.2, -0.15) is 0 Å². The second-order valence-electron chi connectivity index (χ2n) is 9.35. The molecule has 2 N–H and O–H groups in total. The lowest BCUT2D eigenvalue weighted by Crippen LogP contribution is -2.36. The Morgan fingerprint density at radius 3 is 2.36 bits per heavy atom. The van der Waals surface area contributed by atoms with Crippen molar-refractivity contribution in [3.63, 3.8) is 0 Å². The van der Waals surface area contributed by atoms with Crippen molar-refractivity contribution >= 4 is 11.8 Å². The second kappa shape index (κ2) is 10.5. The molecule has 0 bridgehead atoms. The Hall–Kier alpha value is -3.74. The van der Waals surface area contributed by atoms with Gasteiger partial charge in [-0.05, 0) is 68.0 Å². The molecular formula is C29H33NO6. The van der Waals surface area contributed by atoms with Gasteiger partial charge in [0.05, 0.1) is 25.9 Å². The van der Waals surface area contributed by atoms with Crippen LogP contribution < -0.4 is 14.8 Å². The summed E-state index contributed by atoms with van der Waals surface area (Å²) in [5.41, 5.74) is 4.23. The lowest BCUT2D eigenvalue weighted by Gasteiger charge is -2.37. The zero-order chi connectivity index (χ0) is 26.0. The van der Waals surface area contributed by atoms with Gasteiger partial charge in [0.2, 0.25) is 0 Å². The van der Waals surface area contributed by atoms with E-state index >= 15 is 0 Å². The quantitative estimate of drug-likeness (QED) is 0.520. The van der Waals surface area contributed by atoms with Gasteiger partial charge in [0.15, 0.2) is 17.3 Å². The molecule has 0 amide bonds. The summed E-state index contributed by atoms with van der Waals surface area (Å²) in [5, 5.41) is 13.2. The Labute approximate surface area is 211 Å². The predicted octanol–water partition coefficient (Wildman–Crippen LogP) is 5.11. The second-order valence-corrected chi connectivity index (χ2v) is 9.35. The smallest absolute Gasteiger partial charge is 0.337 e. The topological polar surface area (TPSA) is 94.1 Å². The van der Waals surface area contributed by atoms with Crippen LogP contribution in [0, 0.1) is 0 Å².